The van der Waals surface area contributed by atoms with Crippen molar-refractivity contribution in [3.8, 4) is 17.6 Å². The fraction of sp³-hybridized carbons (Fsp3) is 0.316. The Morgan fingerprint density at radius 2 is 2.12 bits per heavy atom. The quantitative estimate of drug-likeness (QED) is 0.782. The van der Waals surface area contributed by atoms with Crippen LogP contribution in [0.2, 0.25) is 0 Å². The molecule has 122 valence electrons. The molecule has 0 bridgehead atoms. The summed E-state index contributed by atoms with van der Waals surface area (Å²) < 4.78 is 11.4. The number of methoxy groups -OCH3 is 1. The molecule has 0 aromatic carbocycles. The van der Waals surface area contributed by atoms with Crippen molar-refractivity contribution in [1.82, 2.24) is 9.97 Å². The Balaban J connectivity index is 1.92. The Kier molecular flexibility index (Phi) is 5.07. The highest BCUT2D eigenvalue weighted by atomic mass is 16.5. The van der Waals surface area contributed by atoms with E-state index in [0.29, 0.717) is 22.8 Å². The van der Waals surface area contributed by atoms with Crippen LogP contribution in [-0.4, -0.2) is 23.2 Å². The zero-order chi connectivity index (χ0) is 16.8. The molecule has 1 aliphatic carbocycles. The third-order valence-electron chi connectivity index (χ3n) is 4.04. The van der Waals surface area contributed by atoms with Crippen LogP contribution >= 0.6 is 0 Å². The van der Waals surface area contributed by atoms with Crippen LogP contribution in [0, 0.1) is 11.3 Å². The van der Waals surface area contributed by atoms with Crippen molar-refractivity contribution in [1.29, 1.82) is 5.26 Å². The van der Waals surface area contributed by atoms with Gasteiger partial charge in [-0.3, -0.25) is 9.97 Å². The van der Waals surface area contributed by atoms with E-state index in [4.69, 9.17) is 9.47 Å². The molecule has 5 nitrogen and oxygen atoms in total. The molecule has 0 radical (unpaired) electrons. The van der Waals surface area contributed by atoms with Crippen LogP contribution in [0.3, 0.4) is 0 Å². The molecule has 3 rings (SSSR count). The Morgan fingerprint density at radius 1 is 1.29 bits per heavy atom. The standard InChI is InChI=1S/C19H19N3O2/c1-23-19-13-22-17(10-18(19)24-16-6-2-3-7-16)15(11-20)9-14-5-4-8-21-12-14/h4-5,8-10,12-13,16H,2-3,6-7H2,1H3/b15-9+. The van der Waals surface area contributed by atoms with E-state index in [-0.39, 0.29) is 6.10 Å². The molecule has 1 fully saturated rings. The molecule has 1 saturated carbocycles. The van der Waals surface area contributed by atoms with Crippen LogP contribution in [0.25, 0.3) is 11.6 Å². The van der Waals surface area contributed by atoms with E-state index < -0.39 is 0 Å². The molecule has 0 atom stereocenters. The summed E-state index contributed by atoms with van der Waals surface area (Å²) in [7, 11) is 1.59. The number of nitrogens with zero attached hydrogens (tertiary/aromatic N) is 3. The lowest BCUT2D eigenvalue weighted by Crippen LogP contribution is -2.12. The maximum absolute atomic E-state index is 9.49. The Bertz CT molecular complexity index is 760. The predicted octanol–water partition coefficient (Wildman–Crippen LogP) is 3.87. The molecule has 2 aromatic rings. The minimum absolute atomic E-state index is 0.210. The minimum Gasteiger partial charge on any atom is -0.491 e. The molecular weight excluding hydrogens is 302 g/mol. The van der Waals surface area contributed by atoms with Gasteiger partial charge < -0.3 is 9.47 Å². The van der Waals surface area contributed by atoms with Crippen molar-refractivity contribution in [2.24, 2.45) is 0 Å². The zero-order valence-electron chi connectivity index (χ0n) is 13.6. The van der Waals surface area contributed by atoms with Crippen molar-refractivity contribution in [3.63, 3.8) is 0 Å². The second-order valence-corrected chi connectivity index (χ2v) is 5.70. The van der Waals surface area contributed by atoms with Gasteiger partial charge in [-0.2, -0.15) is 5.26 Å². The first-order chi connectivity index (χ1) is 11.8. The first kappa shape index (κ1) is 16.0. The monoisotopic (exact) mass is 321 g/mol. The smallest absolute Gasteiger partial charge is 0.179 e. The number of allylic oxidation sites excluding steroid dienone is 1. The second kappa shape index (κ2) is 7.60. The van der Waals surface area contributed by atoms with Crippen molar-refractivity contribution in [2.75, 3.05) is 7.11 Å². The van der Waals surface area contributed by atoms with Gasteiger partial charge in [0.1, 0.15) is 6.07 Å². The van der Waals surface area contributed by atoms with E-state index in [1.165, 1.54) is 12.8 Å². The highest BCUT2D eigenvalue weighted by Gasteiger charge is 2.19. The van der Waals surface area contributed by atoms with E-state index in [0.717, 1.165) is 18.4 Å². The van der Waals surface area contributed by atoms with Gasteiger partial charge in [0.2, 0.25) is 0 Å². The fourth-order valence-electron chi connectivity index (χ4n) is 2.79. The van der Waals surface area contributed by atoms with Gasteiger partial charge in [0.25, 0.3) is 0 Å². The number of aromatic nitrogens is 2. The first-order valence-corrected chi connectivity index (χ1v) is 8.03. The average Bonchev–Trinajstić information content (AvgIpc) is 3.13. The van der Waals surface area contributed by atoms with E-state index in [9.17, 15) is 5.26 Å². The largest absolute Gasteiger partial charge is 0.491 e. The summed E-state index contributed by atoms with van der Waals surface area (Å²) in [4.78, 5) is 8.40. The third-order valence-corrected chi connectivity index (χ3v) is 4.04. The zero-order valence-corrected chi connectivity index (χ0v) is 13.6. The minimum atomic E-state index is 0.210. The molecule has 0 spiro atoms. The lowest BCUT2D eigenvalue weighted by molar-refractivity contribution is 0.200. The summed E-state index contributed by atoms with van der Waals surface area (Å²) in [6, 6.07) is 7.70. The van der Waals surface area contributed by atoms with Gasteiger partial charge in [0, 0.05) is 18.5 Å². The Hall–Kier alpha value is -2.87. The van der Waals surface area contributed by atoms with Gasteiger partial charge in [-0.25, -0.2) is 0 Å². The summed E-state index contributed by atoms with van der Waals surface area (Å²) in [5.74, 6) is 1.23. The van der Waals surface area contributed by atoms with Crippen molar-refractivity contribution in [3.05, 3.63) is 48.0 Å². The average molecular weight is 321 g/mol. The molecule has 24 heavy (non-hydrogen) atoms. The Morgan fingerprint density at radius 3 is 2.79 bits per heavy atom. The normalized spacial score (nSPS) is 15.1. The van der Waals surface area contributed by atoms with Crippen LogP contribution in [-0.2, 0) is 0 Å². The number of hydrogen-bond donors (Lipinski definition) is 0. The van der Waals surface area contributed by atoms with Gasteiger partial charge in [-0.05, 0) is 43.4 Å². The summed E-state index contributed by atoms with van der Waals surface area (Å²) in [5, 5.41) is 9.49. The topological polar surface area (TPSA) is 68.0 Å². The number of hydrogen-bond acceptors (Lipinski definition) is 5. The SMILES string of the molecule is COc1cnc(/C(C#N)=C/c2cccnc2)cc1OC1CCCC1. The van der Waals surface area contributed by atoms with E-state index in [1.807, 2.05) is 12.1 Å². The van der Waals surface area contributed by atoms with Gasteiger partial charge >= 0.3 is 0 Å². The number of nitriles is 1. The molecular formula is C19H19N3O2. The highest BCUT2D eigenvalue weighted by molar-refractivity contribution is 5.88. The molecule has 2 heterocycles. The van der Waals surface area contributed by atoms with Crippen molar-refractivity contribution in [2.45, 2.75) is 31.8 Å². The van der Waals surface area contributed by atoms with E-state index in [1.54, 1.807) is 37.8 Å². The van der Waals surface area contributed by atoms with Gasteiger partial charge in [-0.15, -0.1) is 0 Å². The van der Waals surface area contributed by atoms with Gasteiger partial charge in [0.05, 0.1) is 30.7 Å². The molecule has 2 aromatic heterocycles. The second-order valence-electron chi connectivity index (χ2n) is 5.70. The number of pyridine rings is 2. The lowest BCUT2D eigenvalue weighted by Gasteiger charge is -2.16. The van der Waals surface area contributed by atoms with Gasteiger partial charge in [-0.1, -0.05) is 6.07 Å². The molecule has 5 heteroatoms. The maximum Gasteiger partial charge on any atom is 0.179 e. The molecule has 0 saturated heterocycles. The summed E-state index contributed by atoms with van der Waals surface area (Å²) >= 11 is 0. The summed E-state index contributed by atoms with van der Waals surface area (Å²) in [6.45, 7) is 0. The molecule has 0 aliphatic heterocycles. The number of rotatable bonds is 5. The highest BCUT2D eigenvalue weighted by Crippen LogP contribution is 2.33. The molecule has 0 N–H and O–H groups in total. The van der Waals surface area contributed by atoms with Crippen LogP contribution in [0.4, 0.5) is 0 Å². The van der Waals surface area contributed by atoms with E-state index >= 15 is 0 Å². The third kappa shape index (κ3) is 3.72. The van der Waals surface area contributed by atoms with Crippen LogP contribution in [0.5, 0.6) is 11.5 Å². The van der Waals surface area contributed by atoms with Crippen molar-refractivity contribution >= 4 is 11.6 Å². The lowest BCUT2D eigenvalue weighted by atomic mass is 10.1. The first-order valence-electron chi connectivity index (χ1n) is 8.03. The van der Waals surface area contributed by atoms with E-state index in [2.05, 4.69) is 16.0 Å². The maximum atomic E-state index is 9.49. The Labute approximate surface area is 141 Å². The molecule has 0 unspecified atom stereocenters. The van der Waals surface area contributed by atoms with Crippen LogP contribution in [0.15, 0.2) is 36.8 Å². The van der Waals surface area contributed by atoms with Gasteiger partial charge in [0.15, 0.2) is 11.5 Å². The summed E-state index contributed by atoms with van der Waals surface area (Å²) in [5.41, 5.74) is 1.88. The number of ether oxygens (including phenoxy) is 2. The molecule has 0 amide bonds. The van der Waals surface area contributed by atoms with Crippen LogP contribution < -0.4 is 9.47 Å². The fourth-order valence-corrected chi connectivity index (χ4v) is 2.79. The van der Waals surface area contributed by atoms with Crippen LogP contribution in [0.1, 0.15) is 36.9 Å². The molecule has 1 aliphatic rings. The predicted molar refractivity (Wildman–Crippen MR) is 91.4 cm³/mol. The summed E-state index contributed by atoms with van der Waals surface area (Å²) in [6.07, 6.45) is 11.5. The van der Waals surface area contributed by atoms with Crippen molar-refractivity contribution < 1.29 is 9.47 Å².